The van der Waals surface area contributed by atoms with Crippen molar-refractivity contribution in [1.29, 1.82) is 0 Å². The number of hydrogen-bond donors (Lipinski definition) is 1. The first-order valence-electron chi connectivity index (χ1n) is 7.48. The summed E-state index contributed by atoms with van der Waals surface area (Å²) in [6, 6.07) is 0. The van der Waals surface area contributed by atoms with Gasteiger partial charge >= 0.3 is 0 Å². The third kappa shape index (κ3) is 3.03. The Labute approximate surface area is 119 Å². The van der Waals surface area contributed by atoms with Crippen LogP contribution in [0.3, 0.4) is 0 Å². The van der Waals surface area contributed by atoms with E-state index in [1.54, 1.807) is 6.92 Å². The molecule has 20 heavy (non-hydrogen) atoms. The molecule has 5 nitrogen and oxygen atoms in total. The van der Waals surface area contributed by atoms with Gasteiger partial charge in [0.25, 0.3) is 0 Å². The zero-order chi connectivity index (χ0) is 14.7. The predicted octanol–water partition coefficient (Wildman–Crippen LogP) is 1.57. The first kappa shape index (κ1) is 15.0. The monoisotopic (exact) mass is 280 g/mol. The molecule has 1 N–H and O–H groups in total. The quantitative estimate of drug-likeness (QED) is 0.889. The molecule has 1 amide bonds. The van der Waals surface area contributed by atoms with E-state index in [9.17, 15) is 9.90 Å². The van der Waals surface area contributed by atoms with Crippen molar-refractivity contribution in [2.45, 2.75) is 52.6 Å². The second-order valence-electron chi connectivity index (χ2n) is 5.54. The van der Waals surface area contributed by atoms with Crippen molar-refractivity contribution in [1.82, 2.24) is 10.1 Å². The fourth-order valence-corrected chi connectivity index (χ4v) is 2.81. The number of carbonyl (C=O) groups excluding carboxylic acids is 1. The lowest BCUT2D eigenvalue weighted by Crippen LogP contribution is -2.31. The molecular formula is C15H24N2O3. The molecule has 1 aliphatic heterocycles. The average molecular weight is 280 g/mol. The van der Waals surface area contributed by atoms with E-state index in [-0.39, 0.29) is 17.9 Å². The van der Waals surface area contributed by atoms with Crippen molar-refractivity contribution in [2.24, 2.45) is 5.92 Å². The van der Waals surface area contributed by atoms with Gasteiger partial charge < -0.3 is 14.5 Å². The van der Waals surface area contributed by atoms with Gasteiger partial charge in [-0.1, -0.05) is 19.0 Å². The van der Waals surface area contributed by atoms with Crippen LogP contribution in [0.2, 0.25) is 0 Å². The number of nitrogens with zero attached hydrogens (tertiary/aromatic N) is 2. The Morgan fingerprint density at radius 3 is 2.80 bits per heavy atom. The van der Waals surface area contributed by atoms with Crippen molar-refractivity contribution in [3.8, 4) is 0 Å². The molecule has 2 atom stereocenters. The van der Waals surface area contributed by atoms with E-state index in [1.807, 2.05) is 18.7 Å². The number of aliphatic hydroxyl groups is 1. The normalized spacial score (nSPS) is 20.4. The Morgan fingerprint density at radius 1 is 1.50 bits per heavy atom. The molecule has 1 fully saturated rings. The van der Waals surface area contributed by atoms with E-state index in [1.165, 1.54) is 0 Å². The minimum Gasteiger partial charge on any atom is -0.393 e. The van der Waals surface area contributed by atoms with Crippen molar-refractivity contribution >= 4 is 5.91 Å². The molecule has 2 unspecified atom stereocenters. The highest BCUT2D eigenvalue weighted by atomic mass is 16.5. The Hall–Kier alpha value is -1.36. The van der Waals surface area contributed by atoms with Gasteiger partial charge in [0.1, 0.15) is 5.76 Å². The molecular weight excluding hydrogens is 256 g/mol. The molecule has 1 aromatic heterocycles. The van der Waals surface area contributed by atoms with E-state index in [2.05, 4.69) is 5.16 Å². The van der Waals surface area contributed by atoms with Gasteiger partial charge in [-0.25, -0.2) is 0 Å². The summed E-state index contributed by atoms with van der Waals surface area (Å²) in [5.41, 5.74) is 1.85. The molecule has 1 aliphatic rings. The largest absolute Gasteiger partial charge is 0.393 e. The lowest BCUT2D eigenvalue weighted by molar-refractivity contribution is -0.129. The minimum absolute atomic E-state index is 0.112. The number of rotatable bonds is 5. The van der Waals surface area contributed by atoms with Crippen LogP contribution in [0, 0.1) is 5.92 Å². The number of likely N-dealkylation sites (tertiary alicyclic amines) is 1. The maximum absolute atomic E-state index is 12.4. The van der Waals surface area contributed by atoms with E-state index >= 15 is 0 Å². The van der Waals surface area contributed by atoms with E-state index in [0.29, 0.717) is 13.0 Å². The standard InChI is InChI=1S/C15H24N2O3/c1-4-13-12(14(5-2)20-16-13)8-15(19)17-7-6-11(9-17)10(3)18/h10-11,18H,4-9H2,1-3H3. The van der Waals surface area contributed by atoms with Gasteiger partial charge in [-0.2, -0.15) is 0 Å². The first-order valence-corrected chi connectivity index (χ1v) is 7.48. The second-order valence-corrected chi connectivity index (χ2v) is 5.54. The number of hydrogen-bond acceptors (Lipinski definition) is 4. The summed E-state index contributed by atoms with van der Waals surface area (Å²) in [6.07, 6.45) is 2.44. The van der Waals surface area contributed by atoms with Crippen LogP contribution < -0.4 is 0 Å². The van der Waals surface area contributed by atoms with E-state index < -0.39 is 0 Å². The minimum atomic E-state index is -0.346. The van der Waals surface area contributed by atoms with E-state index in [0.717, 1.165) is 42.8 Å². The van der Waals surface area contributed by atoms with Crippen LogP contribution >= 0.6 is 0 Å². The maximum atomic E-state index is 12.4. The summed E-state index contributed by atoms with van der Waals surface area (Å²) in [7, 11) is 0. The topological polar surface area (TPSA) is 66.6 Å². The van der Waals surface area contributed by atoms with E-state index in [4.69, 9.17) is 4.52 Å². The smallest absolute Gasteiger partial charge is 0.227 e. The molecule has 0 spiro atoms. The molecule has 2 rings (SSSR count). The van der Waals surface area contributed by atoms with Crippen LogP contribution in [-0.4, -0.2) is 40.3 Å². The van der Waals surface area contributed by atoms with Crippen LogP contribution in [0.1, 0.15) is 44.2 Å². The number of aromatic nitrogens is 1. The Morgan fingerprint density at radius 2 is 2.25 bits per heavy atom. The Kier molecular flexibility index (Phi) is 4.81. The Bertz CT molecular complexity index is 446. The van der Waals surface area contributed by atoms with Crippen LogP contribution in [0.15, 0.2) is 4.52 Å². The molecule has 0 saturated carbocycles. The van der Waals surface area contributed by atoms with Crippen LogP contribution in [0.4, 0.5) is 0 Å². The summed E-state index contributed by atoms with van der Waals surface area (Å²) in [6.45, 7) is 7.22. The first-order chi connectivity index (χ1) is 9.56. The van der Waals surface area contributed by atoms with Crippen LogP contribution in [0.5, 0.6) is 0 Å². The molecule has 0 bridgehead atoms. The lowest BCUT2D eigenvalue weighted by Gasteiger charge is -2.17. The van der Waals surface area contributed by atoms with Gasteiger partial charge in [0, 0.05) is 31.0 Å². The van der Waals surface area contributed by atoms with Gasteiger partial charge in [-0.05, 0) is 19.8 Å². The van der Waals surface area contributed by atoms with Crippen LogP contribution in [0.25, 0.3) is 0 Å². The molecule has 112 valence electrons. The summed E-state index contributed by atoms with van der Waals surface area (Å²) in [5, 5.41) is 13.7. The maximum Gasteiger partial charge on any atom is 0.227 e. The third-order valence-corrected chi connectivity index (χ3v) is 4.19. The van der Waals surface area contributed by atoms with Crippen molar-refractivity contribution in [2.75, 3.05) is 13.1 Å². The SMILES string of the molecule is CCc1noc(CC)c1CC(=O)N1CCC(C(C)O)C1. The van der Waals surface area contributed by atoms with Crippen molar-refractivity contribution < 1.29 is 14.4 Å². The van der Waals surface area contributed by atoms with Gasteiger partial charge in [-0.3, -0.25) is 4.79 Å². The van der Waals surface area contributed by atoms with Crippen molar-refractivity contribution in [3.63, 3.8) is 0 Å². The number of aryl methyl sites for hydroxylation is 2. The average Bonchev–Trinajstić information content (AvgIpc) is 3.05. The molecule has 0 aliphatic carbocycles. The Balaban J connectivity index is 2.03. The zero-order valence-corrected chi connectivity index (χ0v) is 12.6. The highest BCUT2D eigenvalue weighted by molar-refractivity contribution is 5.79. The fraction of sp³-hybridized carbons (Fsp3) is 0.733. The summed E-state index contributed by atoms with van der Waals surface area (Å²) in [5.74, 6) is 1.14. The molecule has 0 aromatic carbocycles. The highest BCUT2D eigenvalue weighted by Gasteiger charge is 2.30. The lowest BCUT2D eigenvalue weighted by atomic mass is 10.0. The van der Waals surface area contributed by atoms with Gasteiger partial charge in [0.2, 0.25) is 5.91 Å². The van der Waals surface area contributed by atoms with Crippen LogP contribution in [-0.2, 0) is 24.1 Å². The highest BCUT2D eigenvalue weighted by Crippen LogP contribution is 2.22. The fourth-order valence-electron chi connectivity index (χ4n) is 2.81. The predicted molar refractivity (Wildman–Crippen MR) is 75.3 cm³/mol. The molecule has 1 saturated heterocycles. The summed E-state index contributed by atoms with van der Waals surface area (Å²) >= 11 is 0. The summed E-state index contributed by atoms with van der Waals surface area (Å²) in [4.78, 5) is 14.2. The second kappa shape index (κ2) is 6.39. The number of amides is 1. The van der Waals surface area contributed by atoms with Gasteiger partial charge in [0.15, 0.2) is 0 Å². The van der Waals surface area contributed by atoms with Gasteiger partial charge in [-0.15, -0.1) is 0 Å². The zero-order valence-electron chi connectivity index (χ0n) is 12.6. The number of aliphatic hydroxyl groups excluding tert-OH is 1. The molecule has 1 aromatic rings. The third-order valence-electron chi connectivity index (χ3n) is 4.19. The molecule has 2 heterocycles. The molecule has 0 radical (unpaired) electrons. The van der Waals surface area contributed by atoms with Crippen molar-refractivity contribution in [3.05, 3.63) is 17.0 Å². The summed E-state index contributed by atoms with van der Waals surface area (Å²) < 4.78 is 5.30. The van der Waals surface area contributed by atoms with Gasteiger partial charge in [0.05, 0.1) is 18.2 Å². The number of carbonyl (C=O) groups is 1. The molecule has 5 heteroatoms.